The monoisotopic (exact) mass is 456 g/mol. The standard InChI is InChI=1S/C29H30OP2/c1-24(2)30-23-29(31(25-15-7-3-8-16-25)26-17-9-4-10-18-26)32(27-19-11-5-12-20-27)28-21-13-6-14-22-28/h3-22,24,29H,23H2,1-2H3. The van der Waals surface area contributed by atoms with Gasteiger partial charge in [0.25, 0.3) is 0 Å². The predicted molar refractivity (Wildman–Crippen MR) is 143 cm³/mol. The van der Waals surface area contributed by atoms with Crippen LogP contribution in [0.4, 0.5) is 0 Å². The molecule has 0 N–H and O–H groups in total. The van der Waals surface area contributed by atoms with Crippen molar-refractivity contribution < 1.29 is 4.74 Å². The van der Waals surface area contributed by atoms with Gasteiger partial charge in [-0.05, 0) is 50.9 Å². The van der Waals surface area contributed by atoms with Crippen LogP contribution in [0.25, 0.3) is 0 Å². The Kier molecular flexibility index (Phi) is 8.24. The molecule has 0 aromatic heterocycles. The molecule has 32 heavy (non-hydrogen) atoms. The van der Waals surface area contributed by atoms with E-state index in [0.29, 0.717) is 5.40 Å². The van der Waals surface area contributed by atoms with Crippen LogP contribution < -0.4 is 21.2 Å². The van der Waals surface area contributed by atoms with Crippen LogP contribution >= 0.6 is 15.8 Å². The summed E-state index contributed by atoms with van der Waals surface area (Å²) in [4.78, 5) is 0. The van der Waals surface area contributed by atoms with E-state index in [2.05, 4.69) is 135 Å². The van der Waals surface area contributed by atoms with Gasteiger partial charge in [0.05, 0.1) is 12.7 Å². The van der Waals surface area contributed by atoms with Crippen LogP contribution in [0.2, 0.25) is 0 Å². The molecule has 0 atom stereocenters. The summed E-state index contributed by atoms with van der Waals surface area (Å²) >= 11 is 0. The first-order valence-corrected chi connectivity index (χ1v) is 14.0. The minimum atomic E-state index is -0.628. The summed E-state index contributed by atoms with van der Waals surface area (Å²) in [5.74, 6) is 0. The van der Waals surface area contributed by atoms with Gasteiger partial charge >= 0.3 is 0 Å². The zero-order valence-electron chi connectivity index (χ0n) is 18.7. The van der Waals surface area contributed by atoms with Crippen molar-refractivity contribution in [3.8, 4) is 0 Å². The fraction of sp³-hybridized carbons (Fsp3) is 0.172. The van der Waals surface area contributed by atoms with Crippen molar-refractivity contribution in [3.05, 3.63) is 121 Å². The molecular weight excluding hydrogens is 426 g/mol. The van der Waals surface area contributed by atoms with E-state index >= 15 is 0 Å². The fourth-order valence-electron chi connectivity index (χ4n) is 3.88. The van der Waals surface area contributed by atoms with Gasteiger partial charge in [-0.3, -0.25) is 0 Å². The van der Waals surface area contributed by atoms with E-state index in [9.17, 15) is 0 Å². The van der Waals surface area contributed by atoms with Crippen molar-refractivity contribution in [2.45, 2.75) is 25.4 Å². The first-order valence-electron chi connectivity index (χ1n) is 11.1. The molecule has 0 bridgehead atoms. The van der Waals surface area contributed by atoms with Crippen LogP contribution in [0.1, 0.15) is 13.8 Å². The summed E-state index contributed by atoms with van der Waals surface area (Å²) in [5.41, 5.74) is 0. The van der Waals surface area contributed by atoms with E-state index in [1.54, 1.807) is 0 Å². The van der Waals surface area contributed by atoms with Gasteiger partial charge in [0.1, 0.15) is 0 Å². The second-order valence-corrected chi connectivity index (χ2v) is 13.1. The lowest BCUT2D eigenvalue weighted by molar-refractivity contribution is 0.0879. The van der Waals surface area contributed by atoms with Gasteiger partial charge < -0.3 is 4.74 Å². The molecule has 0 aliphatic heterocycles. The van der Waals surface area contributed by atoms with E-state index in [0.717, 1.165) is 6.61 Å². The maximum absolute atomic E-state index is 6.38. The molecule has 0 spiro atoms. The highest BCUT2D eigenvalue weighted by Gasteiger charge is 2.34. The van der Waals surface area contributed by atoms with Crippen molar-refractivity contribution in [3.63, 3.8) is 0 Å². The molecule has 0 saturated heterocycles. The average molecular weight is 457 g/mol. The summed E-state index contributed by atoms with van der Waals surface area (Å²) < 4.78 is 6.38. The smallest absolute Gasteiger partial charge is 0.0588 e. The maximum Gasteiger partial charge on any atom is 0.0588 e. The summed E-state index contributed by atoms with van der Waals surface area (Å²) in [6.45, 7) is 5.01. The second kappa shape index (κ2) is 11.5. The zero-order chi connectivity index (χ0) is 22.2. The van der Waals surface area contributed by atoms with Gasteiger partial charge in [-0.15, -0.1) is 0 Å². The van der Waals surface area contributed by atoms with Crippen molar-refractivity contribution in [1.29, 1.82) is 0 Å². The van der Waals surface area contributed by atoms with Crippen LogP contribution in [-0.2, 0) is 4.74 Å². The third-order valence-electron chi connectivity index (χ3n) is 5.31. The van der Waals surface area contributed by atoms with Crippen LogP contribution in [-0.4, -0.2) is 18.1 Å². The van der Waals surface area contributed by atoms with Gasteiger partial charge in [0.2, 0.25) is 0 Å². The Morgan fingerprint density at radius 3 is 1.03 bits per heavy atom. The Morgan fingerprint density at radius 2 is 0.781 bits per heavy atom. The van der Waals surface area contributed by atoms with Gasteiger partial charge in [0.15, 0.2) is 0 Å². The number of benzene rings is 4. The maximum atomic E-state index is 6.38. The van der Waals surface area contributed by atoms with E-state index < -0.39 is 15.8 Å². The molecule has 4 rings (SSSR count). The largest absolute Gasteiger partial charge is 0.378 e. The number of hydrogen-bond acceptors (Lipinski definition) is 1. The summed E-state index contributed by atoms with van der Waals surface area (Å²) in [6, 6.07) is 44.2. The molecule has 0 aliphatic rings. The minimum absolute atomic E-state index is 0.198. The Bertz CT molecular complexity index is 891. The van der Waals surface area contributed by atoms with E-state index in [1.807, 2.05) is 0 Å². The molecule has 0 amide bonds. The summed E-state index contributed by atoms with van der Waals surface area (Å²) in [5, 5.41) is 5.99. The quantitative estimate of drug-likeness (QED) is 0.281. The molecule has 0 aliphatic carbocycles. The highest BCUT2D eigenvalue weighted by Crippen LogP contribution is 2.56. The molecule has 0 fully saturated rings. The third kappa shape index (κ3) is 5.73. The number of ether oxygens (including phenoxy) is 1. The fourth-order valence-corrected chi connectivity index (χ4v) is 10.8. The Hall–Kier alpha value is -2.30. The molecule has 1 nitrogen and oxygen atoms in total. The molecule has 0 unspecified atom stereocenters. The highest BCUT2D eigenvalue weighted by atomic mass is 31.2. The van der Waals surface area contributed by atoms with Gasteiger partial charge in [-0.25, -0.2) is 0 Å². The Labute approximate surface area is 195 Å². The molecule has 3 heteroatoms. The highest BCUT2D eigenvalue weighted by molar-refractivity contribution is 7.89. The molecular formula is C29H30OP2. The first kappa shape index (κ1) is 22.9. The van der Waals surface area contributed by atoms with Crippen molar-refractivity contribution >= 4 is 37.1 Å². The van der Waals surface area contributed by atoms with E-state index in [1.165, 1.54) is 21.2 Å². The molecule has 162 valence electrons. The minimum Gasteiger partial charge on any atom is -0.378 e. The third-order valence-corrected chi connectivity index (χ3v) is 11.6. The second-order valence-electron chi connectivity index (χ2n) is 7.94. The summed E-state index contributed by atoms with van der Waals surface area (Å²) in [6.07, 6.45) is 0.198. The normalized spacial score (nSPS) is 11.6. The Morgan fingerprint density at radius 1 is 0.500 bits per heavy atom. The van der Waals surface area contributed by atoms with Crippen LogP contribution in [0.3, 0.4) is 0 Å². The van der Waals surface area contributed by atoms with Crippen molar-refractivity contribution in [1.82, 2.24) is 0 Å². The summed E-state index contributed by atoms with van der Waals surface area (Å²) in [7, 11) is -1.26. The lowest BCUT2D eigenvalue weighted by atomic mass is 10.4. The molecule has 4 aromatic carbocycles. The van der Waals surface area contributed by atoms with Crippen LogP contribution in [0.5, 0.6) is 0 Å². The molecule has 0 saturated carbocycles. The van der Waals surface area contributed by atoms with Crippen LogP contribution in [0, 0.1) is 0 Å². The SMILES string of the molecule is CC(C)OCC(P(c1ccccc1)c1ccccc1)P(c1ccccc1)c1ccccc1. The van der Waals surface area contributed by atoms with E-state index in [4.69, 9.17) is 4.74 Å². The molecule has 0 heterocycles. The average Bonchev–Trinajstić information content (AvgIpc) is 2.85. The first-order chi connectivity index (χ1) is 15.7. The zero-order valence-corrected chi connectivity index (χ0v) is 20.5. The van der Waals surface area contributed by atoms with Crippen molar-refractivity contribution in [2.75, 3.05) is 6.61 Å². The van der Waals surface area contributed by atoms with Gasteiger partial charge in [-0.1, -0.05) is 121 Å². The molecule has 4 aromatic rings. The van der Waals surface area contributed by atoms with Crippen LogP contribution in [0.15, 0.2) is 121 Å². The van der Waals surface area contributed by atoms with E-state index in [-0.39, 0.29) is 6.10 Å². The lowest BCUT2D eigenvalue weighted by Crippen LogP contribution is -2.31. The number of rotatable bonds is 9. The van der Waals surface area contributed by atoms with Gasteiger partial charge in [-0.2, -0.15) is 0 Å². The van der Waals surface area contributed by atoms with Gasteiger partial charge in [0, 0.05) is 5.40 Å². The Balaban J connectivity index is 1.90. The number of hydrogen-bond donors (Lipinski definition) is 0. The lowest BCUT2D eigenvalue weighted by Gasteiger charge is -2.36. The topological polar surface area (TPSA) is 9.23 Å². The van der Waals surface area contributed by atoms with Crippen molar-refractivity contribution in [2.24, 2.45) is 0 Å². The predicted octanol–water partition coefficient (Wildman–Crippen LogP) is 6.00. The molecule has 0 radical (unpaired) electrons.